The fraction of sp³-hybridized carbons (Fsp3) is 1.00. The molecule has 3 fully saturated rings. The molecule has 2 saturated heterocycles. The molecule has 1 aliphatic carbocycles. The van der Waals surface area contributed by atoms with Crippen LogP contribution in [0.25, 0.3) is 0 Å². The minimum Gasteiger partial charge on any atom is -0.291 e. The number of thiol groups is 1. The number of rotatable bonds is 1. The summed E-state index contributed by atoms with van der Waals surface area (Å²) in [5.41, 5.74) is 1.06. The van der Waals surface area contributed by atoms with E-state index in [1.807, 2.05) is 0 Å². The molecule has 0 amide bonds. The van der Waals surface area contributed by atoms with Gasteiger partial charge in [0.2, 0.25) is 0 Å². The van der Waals surface area contributed by atoms with E-state index in [9.17, 15) is 0 Å². The normalized spacial score (nSPS) is 52.3. The molecule has 3 rings (SSSR count). The molecular formula is C12H21NS. The molecule has 1 nitrogen and oxygen atoms in total. The summed E-state index contributed by atoms with van der Waals surface area (Å²) in [6, 6.07) is 0. The summed E-state index contributed by atoms with van der Waals surface area (Å²) in [6.45, 7) is 3.86. The van der Waals surface area contributed by atoms with Crippen LogP contribution in [0.4, 0.5) is 0 Å². The largest absolute Gasteiger partial charge is 0.291 e. The summed E-state index contributed by atoms with van der Waals surface area (Å²) in [7, 11) is 0. The Morgan fingerprint density at radius 3 is 3.00 bits per heavy atom. The van der Waals surface area contributed by atoms with Crippen molar-refractivity contribution in [3.63, 3.8) is 0 Å². The maximum atomic E-state index is 4.62. The molecule has 2 aliphatic heterocycles. The predicted molar refractivity (Wildman–Crippen MR) is 62.9 cm³/mol. The minimum atomic E-state index is 0.503. The average Bonchev–Trinajstić information content (AvgIpc) is 2.76. The van der Waals surface area contributed by atoms with E-state index in [1.54, 1.807) is 0 Å². The third kappa shape index (κ3) is 0.969. The van der Waals surface area contributed by atoms with Gasteiger partial charge in [-0.3, -0.25) is 4.90 Å². The van der Waals surface area contributed by atoms with Crippen molar-refractivity contribution in [2.24, 2.45) is 5.92 Å². The van der Waals surface area contributed by atoms with Crippen LogP contribution in [-0.4, -0.2) is 28.3 Å². The smallest absolute Gasteiger partial charge is 0.0306 e. The Morgan fingerprint density at radius 2 is 2.21 bits per heavy atom. The van der Waals surface area contributed by atoms with Crippen molar-refractivity contribution in [1.29, 1.82) is 0 Å². The van der Waals surface area contributed by atoms with E-state index in [1.165, 1.54) is 45.1 Å². The summed E-state index contributed by atoms with van der Waals surface area (Å²) in [5.74, 6) is 2.06. The molecule has 1 saturated carbocycles. The lowest BCUT2D eigenvalue weighted by molar-refractivity contribution is 0.0939. The molecule has 0 spiro atoms. The molecule has 3 unspecified atom stereocenters. The summed E-state index contributed by atoms with van der Waals surface area (Å²) in [4.78, 5) is 2.84. The molecular weight excluding hydrogens is 190 g/mol. The average molecular weight is 211 g/mol. The molecule has 2 heteroatoms. The zero-order valence-electron chi connectivity index (χ0n) is 9.13. The molecule has 3 atom stereocenters. The Kier molecular flexibility index (Phi) is 1.98. The Morgan fingerprint density at radius 1 is 1.36 bits per heavy atom. The first-order chi connectivity index (χ1) is 6.71. The van der Waals surface area contributed by atoms with Gasteiger partial charge in [-0.05, 0) is 51.5 Å². The fourth-order valence-electron chi connectivity index (χ4n) is 4.53. The van der Waals surface area contributed by atoms with E-state index in [2.05, 4.69) is 24.5 Å². The van der Waals surface area contributed by atoms with Crippen molar-refractivity contribution in [3.05, 3.63) is 0 Å². The Labute approximate surface area is 92.7 Å². The number of nitrogens with zero attached hydrogens (tertiary/aromatic N) is 1. The van der Waals surface area contributed by atoms with Crippen LogP contribution in [0.15, 0.2) is 0 Å². The maximum Gasteiger partial charge on any atom is 0.0306 e. The molecule has 0 aromatic carbocycles. The second-order valence-electron chi connectivity index (χ2n) is 5.79. The quantitative estimate of drug-likeness (QED) is 0.653. The predicted octanol–water partition coefficient (Wildman–Crippen LogP) is 2.71. The van der Waals surface area contributed by atoms with E-state index in [4.69, 9.17) is 0 Å². The highest BCUT2D eigenvalue weighted by atomic mass is 32.1. The Bertz CT molecular complexity index is 251. The Balaban J connectivity index is 1.97. The summed E-state index contributed by atoms with van der Waals surface area (Å²) in [6.07, 6.45) is 8.62. The highest BCUT2D eigenvalue weighted by Crippen LogP contribution is 2.57. The van der Waals surface area contributed by atoms with Gasteiger partial charge in [0.05, 0.1) is 0 Å². The summed E-state index contributed by atoms with van der Waals surface area (Å²) < 4.78 is 0. The van der Waals surface area contributed by atoms with Gasteiger partial charge in [-0.25, -0.2) is 0 Å². The van der Waals surface area contributed by atoms with Crippen LogP contribution in [0.1, 0.15) is 45.4 Å². The first kappa shape index (κ1) is 9.53. The first-order valence-corrected chi connectivity index (χ1v) is 6.73. The van der Waals surface area contributed by atoms with Gasteiger partial charge >= 0.3 is 0 Å². The SMILES string of the molecule is CC12CCCC1CC1(CS)CCCN12. The van der Waals surface area contributed by atoms with Crippen molar-refractivity contribution in [3.8, 4) is 0 Å². The summed E-state index contributed by atoms with van der Waals surface area (Å²) in [5, 5.41) is 0. The lowest BCUT2D eigenvalue weighted by Gasteiger charge is -2.40. The van der Waals surface area contributed by atoms with Gasteiger partial charge in [-0.15, -0.1) is 0 Å². The van der Waals surface area contributed by atoms with Crippen molar-refractivity contribution in [2.45, 2.75) is 56.5 Å². The van der Waals surface area contributed by atoms with Gasteiger partial charge < -0.3 is 0 Å². The van der Waals surface area contributed by atoms with E-state index in [0.29, 0.717) is 11.1 Å². The second-order valence-corrected chi connectivity index (χ2v) is 6.10. The van der Waals surface area contributed by atoms with Crippen molar-refractivity contribution in [1.82, 2.24) is 4.90 Å². The number of hydrogen-bond donors (Lipinski definition) is 1. The molecule has 0 bridgehead atoms. The van der Waals surface area contributed by atoms with Crippen LogP contribution >= 0.6 is 12.6 Å². The van der Waals surface area contributed by atoms with E-state index < -0.39 is 0 Å². The van der Waals surface area contributed by atoms with Gasteiger partial charge in [-0.2, -0.15) is 12.6 Å². The van der Waals surface area contributed by atoms with Crippen molar-refractivity contribution < 1.29 is 0 Å². The van der Waals surface area contributed by atoms with Gasteiger partial charge in [0, 0.05) is 16.8 Å². The van der Waals surface area contributed by atoms with E-state index in [0.717, 1.165) is 11.7 Å². The third-order valence-electron chi connectivity index (χ3n) is 5.25. The lowest BCUT2D eigenvalue weighted by Crippen LogP contribution is -2.49. The molecule has 14 heavy (non-hydrogen) atoms. The van der Waals surface area contributed by atoms with Crippen molar-refractivity contribution in [2.75, 3.05) is 12.3 Å². The fourth-order valence-corrected chi connectivity index (χ4v) is 4.99. The van der Waals surface area contributed by atoms with Crippen LogP contribution in [0.2, 0.25) is 0 Å². The van der Waals surface area contributed by atoms with E-state index >= 15 is 0 Å². The minimum absolute atomic E-state index is 0.503. The molecule has 2 heterocycles. The monoisotopic (exact) mass is 211 g/mol. The zero-order valence-corrected chi connectivity index (χ0v) is 10.0. The second kappa shape index (κ2) is 2.91. The third-order valence-corrected chi connectivity index (χ3v) is 5.84. The van der Waals surface area contributed by atoms with Crippen LogP contribution in [0.5, 0.6) is 0 Å². The van der Waals surface area contributed by atoms with Gasteiger partial charge in [0.15, 0.2) is 0 Å². The van der Waals surface area contributed by atoms with E-state index in [-0.39, 0.29) is 0 Å². The highest BCUT2D eigenvalue weighted by Gasteiger charge is 2.60. The number of hydrogen-bond acceptors (Lipinski definition) is 2. The molecule has 3 aliphatic rings. The van der Waals surface area contributed by atoms with Gasteiger partial charge in [-0.1, -0.05) is 6.42 Å². The van der Waals surface area contributed by atoms with Crippen LogP contribution in [0, 0.1) is 5.92 Å². The summed E-state index contributed by atoms with van der Waals surface area (Å²) >= 11 is 4.62. The van der Waals surface area contributed by atoms with Crippen LogP contribution in [0.3, 0.4) is 0 Å². The van der Waals surface area contributed by atoms with Gasteiger partial charge in [0.1, 0.15) is 0 Å². The highest BCUT2D eigenvalue weighted by molar-refractivity contribution is 7.80. The standard InChI is InChI=1S/C12H21NS/c1-11-5-2-4-10(11)8-12(9-14)6-3-7-13(11)12/h10,14H,2-9H2,1H3. The molecule has 0 radical (unpaired) electrons. The molecule has 0 aromatic heterocycles. The van der Waals surface area contributed by atoms with Crippen LogP contribution < -0.4 is 0 Å². The topological polar surface area (TPSA) is 3.24 Å². The number of fused-ring (bicyclic) bond motifs is 3. The van der Waals surface area contributed by atoms with Crippen molar-refractivity contribution >= 4 is 12.6 Å². The molecule has 0 N–H and O–H groups in total. The maximum absolute atomic E-state index is 4.62. The zero-order chi connectivity index (χ0) is 9.81. The Hall–Kier alpha value is 0.310. The molecule has 80 valence electrons. The van der Waals surface area contributed by atoms with Gasteiger partial charge in [0.25, 0.3) is 0 Å². The molecule has 0 aromatic rings. The first-order valence-electron chi connectivity index (χ1n) is 6.10. The lowest BCUT2D eigenvalue weighted by atomic mass is 9.86. The van der Waals surface area contributed by atoms with Crippen LogP contribution in [-0.2, 0) is 0 Å².